The van der Waals surface area contributed by atoms with Crippen LogP contribution in [0.3, 0.4) is 0 Å². The Hall–Kier alpha value is -1.42. The van der Waals surface area contributed by atoms with Crippen molar-refractivity contribution in [1.82, 2.24) is 4.90 Å². The summed E-state index contributed by atoms with van der Waals surface area (Å²) in [5.74, 6) is -0.278. The standard InChI is InChI=1S/C15H20FNO2/c16-13-5-3-4-12(10-13)11-15(19)17-8-2-1-6-14(17)7-9-18/h3-5,10,14,18H,1-2,6-9,11H2. The molecule has 1 unspecified atom stereocenters. The van der Waals surface area contributed by atoms with Crippen molar-refractivity contribution in [2.75, 3.05) is 13.2 Å². The summed E-state index contributed by atoms with van der Waals surface area (Å²) in [5.41, 5.74) is 0.707. The molecule has 0 saturated carbocycles. The van der Waals surface area contributed by atoms with Crippen molar-refractivity contribution in [1.29, 1.82) is 0 Å². The maximum Gasteiger partial charge on any atom is 0.227 e. The summed E-state index contributed by atoms with van der Waals surface area (Å²) < 4.78 is 13.1. The van der Waals surface area contributed by atoms with Crippen LogP contribution in [-0.2, 0) is 11.2 Å². The van der Waals surface area contributed by atoms with E-state index >= 15 is 0 Å². The molecule has 104 valence electrons. The maximum atomic E-state index is 13.1. The van der Waals surface area contributed by atoms with E-state index in [1.807, 2.05) is 4.90 Å². The van der Waals surface area contributed by atoms with Crippen LogP contribution in [0.25, 0.3) is 0 Å². The Bertz CT molecular complexity index is 434. The van der Waals surface area contributed by atoms with Crippen LogP contribution in [0.15, 0.2) is 24.3 Å². The van der Waals surface area contributed by atoms with E-state index in [2.05, 4.69) is 0 Å². The van der Waals surface area contributed by atoms with Crippen LogP contribution in [0.1, 0.15) is 31.2 Å². The first-order valence-corrected chi connectivity index (χ1v) is 6.85. The average Bonchev–Trinajstić information content (AvgIpc) is 2.39. The van der Waals surface area contributed by atoms with Crippen molar-refractivity contribution in [3.05, 3.63) is 35.6 Å². The smallest absolute Gasteiger partial charge is 0.227 e. The minimum absolute atomic E-state index is 0.0313. The first kappa shape index (κ1) is 14.0. The quantitative estimate of drug-likeness (QED) is 0.906. The van der Waals surface area contributed by atoms with Crippen LogP contribution >= 0.6 is 0 Å². The predicted octanol–water partition coefficient (Wildman–Crippen LogP) is 2.13. The fourth-order valence-corrected chi connectivity index (χ4v) is 2.70. The van der Waals surface area contributed by atoms with Gasteiger partial charge in [-0.15, -0.1) is 0 Å². The van der Waals surface area contributed by atoms with Crippen LogP contribution in [-0.4, -0.2) is 35.1 Å². The van der Waals surface area contributed by atoms with E-state index in [1.165, 1.54) is 12.1 Å². The zero-order chi connectivity index (χ0) is 13.7. The molecule has 4 heteroatoms. The Morgan fingerprint density at radius 2 is 2.26 bits per heavy atom. The number of benzene rings is 1. The lowest BCUT2D eigenvalue weighted by Gasteiger charge is -2.35. The van der Waals surface area contributed by atoms with Gasteiger partial charge in [0.25, 0.3) is 0 Å². The van der Waals surface area contributed by atoms with Gasteiger partial charge in [-0.3, -0.25) is 4.79 Å². The normalized spacial score (nSPS) is 19.5. The molecule has 1 N–H and O–H groups in total. The minimum atomic E-state index is -0.309. The molecule has 1 aromatic rings. The van der Waals surface area contributed by atoms with E-state index in [4.69, 9.17) is 5.11 Å². The first-order valence-electron chi connectivity index (χ1n) is 6.85. The molecule has 3 nitrogen and oxygen atoms in total. The lowest BCUT2D eigenvalue weighted by molar-refractivity contribution is -0.134. The SMILES string of the molecule is O=C(Cc1cccc(F)c1)N1CCCCC1CCO. The predicted molar refractivity (Wildman–Crippen MR) is 71.2 cm³/mol. The third-order valence-corrected chi connectivity index (χ3v) is 3.65. The van der Waals surface area contributed by atoms with Crippen LogP contribution < -0.4 is 0 Å². The minimum Gasteiger partial charge on any atom is -0.396 e. The topological polar surface area (TPSA) is 40.5 Å². The number of aliphatic hydroxyl groups is 1. The highest BCUT2D eigenvalue weighted by Crippen LogP contribution is 2.20. The molecule has 1 fully saturated rings. The Kier molecular flexibility index (Phi) is 4.91. The lowest BCUT2D eigenvalue weighted by Crippen LogP contribution is -2.44. The fraction of sp³-hybridized carbons (Fsp3) is 0.533. The molecule has 19 heavy (non-hydrogen) atoms. The van der Waals surface area contributed by atoms with E-state index in [1.54, 1.807) is 12.1 Å². The number of nitrogens with zero attached hydrogens (tertiary/aromatic N) is 1. The molecule has 0 spiro atoms. The van der Waals surface area contributed by atoms with E-state index in [9.17, 15) is 9.18 Å². The van der Waals surface area contributed by atoms with Gasteiger partial charge in [0.1, 0.15) is 5.82 Å². The van der Waals surface area contributed by atoms with Crippen molar-refractivity contribution in [3.8, 4) is 0 Å². The molecular weight excluding hydrogens is 245 g/mol. The van der Waals surface area contributed by atoms with Crippen molar-refractivity contribution < 1.29 is 14.3 Å². The van der Waals surface area contributed by atoms with Crippen LogP contribution in [0.4, 0.5) is 4.39 Å². The second-order valence-corrected chi connectivity index (χ2v) is 5.06. The van der Waals surface area contributed by atoms with Gasteiger partial charge in [-0.05, 0) is 43.4 Å². The Morgan fingerprint density at radius 3 is 3.00 bits per heavy atom. The van der Waals surface area contributed by atoms with Gasteiger partial charge in [-0.25, -0.2) is 4.39 Å². The number of piperidine rings is 1. The summed E-state index contributed by atoms with van der Waals surface area (Å²) in [5, 5.41) is 9.06. The van der Waals surface area contributed by atoms with Crippen molar-refractivity contribution >= 4 is 5.91 Å². The number of halogens is 1. The summed E-state index contributed by atoms with van der Waals surface area (Å²) in [4.78, 5) is 14.1. The largest absolute Gasteiger partial charge is 0.396 e. The monoisotopic (exact) mass is 265 g/mol. The van der Waals surface area contributed by atoms with Gasteiger partial charge in [0.2, 0.25) is 5.91 Å². The second kappa shape index (κ2) is 6.66. The highest BCUT2D eigenvalue weighted by molar-refractivity contribution is 5.79. The molecule has 1 amide bonds. The lowest BCUT2D eigenvalue weighted by atomic mass is 9.98. The summed E-state index contributed by atoms with van der Waals surface area (Å²) in [6, 6.07) is 6.32. The summed E-state index contributed by atoms with van der Waals surface area (Å²) >= 11 is 0. The van der Waals surface area contributed by atoms with Crippen LogP contribution in [0, 0.1) is 5.82 Å². The molecule has 1 atom stereocenters. The summed E-state index contributed by atoms with van der Waals surface area (Å²) in [6.07, 6.45) is 3.94. The third-order valence-electron chi connectivity index (χ3n) is 3.65. The number of hydrogen-bond donors (Lipinski definition) is 1. The molecule has 0 bridgehead atoms. The molecular formula is C15H20FNO2. The van der Waals surface area contributed by atoms with Crippen LogP contribution in [0.5, 0.6) is 0 Å². The number of rotatable bonds is 4. The van der Waals surface area contributed by atoms with Crippen molar-refractivity contribution in [2.45, 2.75) is 38.1 Å². The average molecular weight is 265 g/mol. The molecule has 1 saturated heterocycles. The van der Waals surface area contributed by atoms with E-state index in [0.717, 1.165) is 25.8 Å². The maximum absolute atomic E-state index is 13.1. The fourth-order valence-electron chi connectivity index (χ4n) is 2.70. The molecule has 1 aliphatic heterocycles. The number of hydrogen-bond acceptors (Lipinski definition) is 2. The van der Waals surface area contributed by atoms with E-state index < -0.39 is 0 Å². The highest BCUT2D eigenvalue weighted by atomic mass is 19.1. The molecule has 2 rings (SSSR count). The molecule has 1 aromatic carbocycles. The van der Waals surface area contributed by atoms with Crippen LogP contribution in [0.2, 0.25) is 0 Å². The number of amides is 1. The van der Waals surface area contributed by atoms with Crippen molar-refractivity contribution in [3.63, 3.8) is 0 Å². The third kappa shape index (κ3) is 3.77. The Labute approximate surface area is 113 Å². The Balaban J connectivity index is 2.01. The summed E-state index contributed by atoms with van der Waals surface area (Å²) in [6.45, 7) is 0.854. The number of carbonyl (C=O) groups is 1. The van der Waals surface area contributed by atoms with Gasteiger partial charge in [0, 0.05) is 19.2 Å². The van der Waals surface area contributed by atoms with Gasteiger partial charge in [0.05, 0.1) is 6.42 Å². The first-order chi connectivity index (χ1) is 9.20. The number of likely N-dealkylation sites (tertiary alicyclic amines) is 1. The highest BCUT2D eigenvalue weighted by Gasteiger charge is 2.25. The summed E-state index contributed by atoms with van der Waals surface area (Å²) in [7, 11) is 0. The van der Waals surface area contributed by atoms with E-state index in [0.29, 0.717) is 12.0 Å². The molecule has 1 heterocycles. The number of carbonyl (C=O) groups excluding carboxylic acids is 1. The van der Waals surface area contributed by atoms with Gasteiger partial charge in [0.15, 0.2) is 0 Å². The van der Waals surface area contributed by atoms with Gasteiger partial charge in [-0.2, -0.15) is 0 Å². The van der Waals surface area contributed by atoms with Gasteiger partial charge in [-0.1, -0.05) is 12.1 Å². The molecule has 0 radical (unpaired) electrons. The molecule has 0 aromatic heterocycles. The van der Waals surface area contributed by atoms with Gasteiger partial charge >= 0.3 is 0 Å². The number of aliphatic hydroxyl groups excluding tert-OH is 1. The van der Waals surface area contributed by atoms with Crippen molar-refractivity contribution in [2.24, 2.45) is 0 Å². The zero-order valence-electron chi connectivity index (χ0n) is 11.0. The van der Waals surface area contributed by atoms with Gasteiger partial charge < -0.3 is 10.0 Å². The second-order valence-electron chi connectivity index (χ2n) is 5.06. The molecule has 0 aliphatic carbocycles. The molecule has 1 aliphatic rings. The Morgan fingerprint density at radius 1 is 1.42 bits per heavy atom. The van der Waals surface area contributed by atoms with E-state index in [-0.39, 0.29) is 30.8 Å². The zero-order valence-corrected chi connectivity index (χ0v) is 11.0.